The van der Waals surface area contributed by atoms with E-state index in [0.717, 1.165) is 9.80 Å². The van der Waals surface area contributed by atoms with Gasteiger partial charge in [-0.2, -0.15) is 0 Å². The van der Waals surface area contributed by atoms with Crippen LogP contribution in [0.5, 0.6) is 0 Å². The average molecular weight is 1240 g/mol. The molecule has 1 heterocycles. The Morgan fingerprint density at radius 1 is 0.523 bits per heavy atom. The third kappa shape index (κ3) is 21.0. The Morgan fingerprint density at radius 3 is 1.42 bits per heavy atom. The van der Waals surface area contributed by atoms with E-state index in [2.05, 4.69) is 21.3 Å². The number of hydrogen-bond donors (Lipinski definition) is 5. The number of nitrogens with one attached hydrogen (secondary N) is 4. The minimum Gasteiger partial charge on any atom is -0.390 e. The molecule has 1 aliphatic rings. The first kappa shape index (κ1) is 79.9. The largest absolute Gasteiger partial charge is 0.390 e. The van der Waals surface area contributed by atoms with Crippen molar-refractivity contribution < 1.29 is 57.8 Å². The van der Waals surface area contributed by atoms with Gasteiger partial charge in [0.1, 0.15) is 59.9 Å². The summed E-state index contributed by atoms with van der Waals surface area (Å²) < 4.78 is 0. The Morgan fingerprint density at radius 2 is 0.966 bits per heavy atom. The molecule has 23 nitrogen and oxygen atoms in total. The molecule has 0 aromatic carbocycles. The molecule has 1 saturated heterocycles. The predicted octanol–water partition coefficient (Wildman–Crippen LogP) is 4.44. The maximum Gasteiger partial charge on any atom is 0.249 e. The summed E-state index contributed by atoms with van der Waals surface area (Å²) >= 11 is 0. The van der Waals surface area contributed by atoms with E-state index in [1.165, 1.54) is 87.7 Å². The molecule has 0 aliphatic carbocycles. The summed E-state index contributed by atoms with van der Waals surface area (Å²) in [4.78, 5) is 171. The number of carbonyl (C=O) groups is 11. The van der Waals surface area contributed by atoms with Crippen LogP contribution in [0.1, 0.15) is 176 Å². The van der Waals surface area contributed by atoms with E-state index < -0.39 is 155 Å². The molecule has 88 heavy (non-hydrogen) atoms. The monoisotopic (exact) mass is 1240 g/mol. The summed E-state index contributed by atoms with van der Waals surface area (Å²) in [6.07, 6.45) is 3.50. The molecular formula is C65H117N11O12. The van der Waals surface area contributed by atoms with Gasteiger partial charge in [-0.25, -0.2) is 0 Å². The lowest BCUT2D eigenvalue weighted by atomic mass is 9.78. The molecular weight excluding hydrogens is 1130 g/mol. The maximum atomic E-state index is 15.8. The second-order valence-corrected chi connectivity index (χ2v) is 27.1. The lowest BCUT2D eigenvalue weighted by Crippen LogP contribution is -2.69. The van der Waals surface area contributed by atoms with E-state index in [1.807, 2.05) is 75.3 Å². The normalized spacial score (nSPS) is 27.2. The average Bonchev–Trinajstić information content (AvgIpc) is 1.29. The molecule has 0 aromatic rings. The smallest absolute Gasteiger partial charge is 0.249 e. The predicted molar refractivity (Wildman–Crippen MR) is 342 cm³/mol. The molecule has 0 unspecified atom stereocenters. The van der Waals surface area contributed by atoms with Gasteiger partial charge in [0.25, 0.3) is 0 Å². The van der Waals surface area contributed by atoms with E-state index in [4.69, 9.17) is 0 Å². The minimum atomic E-state index is -1.69. The summed E-state index contributed by atoms with van der Waals surface area (Å²) in [6.45, 7) is 31.4. The zero-order chi connectivity index (χ0) is 68.3. The van der Waals surface area contributed by atoms with Gasteiger partial charge in [-0.15, -0.1) is 0 Å². The van der Waals surface area contributed by atoms with E-state index >= 15 is 19.2 Å². The number of aliphatic hydroxyl groups is 1. The summed E-state index contributed by atoms with van der Waals surface area (Å²) in [5.74, 6) is -9.71. The second kappa shape index (κ2) is 35.9. The van der Waals surface area contributed by atoms with Crippen LogP contribution in [0.3, 0.4) is 0 Å². The molecule has 504 valence electrons. The summed E-state index contributed by atoms with van der Waals surface area (Å²) in [6, 6.07) is -11.1. The molecule has 1 rings (SSSR count). The first-order valence-electron chi connectivity index (χ1n) is 32.0. The Labute approximate surface area is 527 Å². The number of aliphatic hydroxyl groups excluding tert-OH is 1. The standard InChI is InChI=1S/C65H117N11O12/c1-26-29-30-43(16)54(78)53-58(82)68-46(28-3)60(84)70(19)36-51(77)71(20)47(32-37(4)5)57(81)69-52(41(12)13)63(87)72(21)48(33-38(6)7)56(80)66-44(17)55(79)67-45(18)59(83)73(22)49(34-39(8)9)61(85)74(23)50(35-40(10)11)62(86)76(25)65(31-27-2,42(14)15)64(88)75(53)24/h26,29,37-50,52-54,78H,27-28,30-36H2,1-25H3,(H,66,80)(H,67,79)(H,68,82)(H,69,81)/b29-26+/t43-,44+,45-,46+,47+,48+,49+,50+,52+,53+,54-,65+/m1/s1. The van der Waals surface area contributed by atoms with Crippen molar-refractivity contribution in [1.82, 2.24) is 55.6 Å². The zero-order valence-corrected chi connectivity index (χ0v) is 58.4. The highest BCUT2D eigenvalue weighted by molar-refractivity contribution is 6.00. The molecule has 0 radical (unpaired) electrons. The van der Waals surface area contributed by atoms with Crippen LogP contribution in [-0.2, 0) is 52.7 Å². The van der Waals surface area contributed by atoms with Crippen molar-refractivity contribution in [2.45, 2.75) is 242 Å². The van der Waals surface area contributed by atoms with Crippen molar-refractivity contribution >= 4 is 65.0 Å². The van der Waals surface area contributed by atoms with Gasteiger partial charge in [-0.3, -0.25) is 52.7 Å². The zero-order valence-electron chi connectivity index (χ0n) is 58.4. The van der Waals surface area contributed by atoms with Crippen LogP contribution >= 0.6 is 0 Å². The van der Waals surface area contributed by atoms with Gasteiger partial charge in [0.15, 0.2) is 0 Å². The topological polar surface area (TPSA) is 279 Å². The summed E-state index contributed by atoms with van der Waals surface area (Å²) in [5, 5.41) is 23.4. The van der Waals surface area contributed by atoms with Gasteiger partial charge in [0.2, 0.25) is 65.0 Å². The van der Waals surface area contributed by atoms with Crippen molar-refractivity contribution in [1.29, 1.82) is 0 Å². The third-order valence-corrected chi connectivity index (χ3v) is 17.3. The highest BCUT2D eigenvalue weighted by Gasteiger charge is 2.53. The van der Waals surface area contributed by atoms with Gasteiger partial charge in [-0.05, 0) is 107 Å². The molecule has 11 amide bonds. The number of allylic oxidation sites excluding steroid dienone is 2. The van der Waals surface area contributed by atoms with E-state index in [-0.39, 0.29) is 62.2 Å². The fourth-order valence-corrected chi connectivity index (χ4v) is 11.6. The lowest BCUT2D eigenvalue weighted by Gasteiger charge is -2.49. The third-order valence-electron chi connectivity index (χ3n) is 17.3. The van der Waals surface area contributed by atoms with Crippen LogP contribution < -0.4 is 21.3 Å². The molecule has 0 bridgehead atoms. The number of amides is 11. The van der Waals surface area contributed by atoms with Crippen molar-refractivity contribution in [3.63, 3.8) is 0 Å². The first-order valence-corrected chi connectivity index (χ1v) is 32.0. The Hall–Kier alpha value is -6.13. The van der Waals surface area contributed by atoms with Crippen LogP contribution in [0, 0.1) is 41.4 Å². The summed E-state index contributed by atoms with van der Waals surface area (Å²) in [5.41, 5.74) is -1.69. The summed E-state index contributed by atoms with van der Waals surface area (Å²) in [7, 11) is 10.1. The number of nitrogens with zero attached hydrogens (tertiary/aromatic N) is 7. The number of hydrogen-bond acceptors (Lipinski definition) is 12. The van der Waals surface area contributed by atoms with E-state index in [0.29, 0.717) is 12.8 Å². The van der Waals surface area contributed by atoms with Crippen LogP contribution in [0.25, 0.3) is 0 Å². The lowest BCUT2D eigenvalue weighted by molar-refractivity contribution is -0.165. The number of rotatable bonds is 17. The molecule has 0 saturated carbocycles. The molecule has 5 N–H and O–H groups in total. The van der Waals surface area contributed by atoms with Crippen LogP contribution in [0.4, 0.5) is 0 Å². The fraction of sp³-hybridized carbons (Fsp3) is 0.800. The van der Waals surface area contributed by atoms with E-state index in [9.17, 15) is 38.7 Å². The fourth-order valence-electron chi connectivity index (χ4n) is 11.6. The highest BCUT2D eigenvalue weighted by atomic mass is 16.3. The Balaban J connectivity index is 4.47. The maximum absolute atomic E-state index is 15.8. The van der Waals surface area contributed by atoms with Crippen molar-refractivity contribution in [3.8, 4) is 0 Å². The molecule has 0 spiro atoms. The molecule has 1 fully saturated rings. The van der Waals surface area contributed by atoms with Crippen molar-refractivity contribution in [3.05, 3.63) is 12.2 Å². The van der Waals surface area contributed by atoms with E-state index in [1.54, 1.807) is 47.6 Å². The Kier molecular flexibility index (Phi) is 32.6. The van der Waals surface area contributed by atoms with Gasteiger partial charge in [0, 0.05) is 49.3 Å². The Bertz CT molecular complexity index is 2410. The molecule has 12 atom stereocenters. The quantitative estimate of drug-likeness (QED) is 0.127. The van der Waals surface area contributed by atoms with Gasteiger partial charge >= 0.3 is 0 Å². The van der Waals surface area contributed by atoms with Crippen molar-refractivity contribution in [2.75, 3.05) is 55.9 Å². The van der Waals surface area contributed by atoms with Gasteiger partial charge in [-0.1, -0.05) is 122 Å². The number of likely N-dealkylation sites (N-methyl/N-ethyl adjacent to an activating group) is 7. The van der Waals surface area contributed by atoms with Crippen LogP contribution in [0.2, 0.25) is 0 Å². The molecule has 1 aliphatic heterocycles. The minimum absolute atomic E-state index is 0.0200. The second-order valence-electron chi connectivity index (χ2n) is 27.1. The number of carbonyl (C=O) groups excluding carboxylic acids is 11. The molecule has 23 heteroatoms. The van der Waals surface area contributed by atoms with Crippen molar-refractivity contribution in [2.24, 2.45) is 41.4 Å². The SMILES string of the molecule is C/C=C/C[C@@H](C)[C@@H](O)[C@H]1C(=O)N[C@@H](CC)C(=O)N(C)CC(=O)N(C)[C@@H](CC(C)C)C(=O)N[C@@H](C(C)C)C(=O)N(C)[C@@H](CC(C)C)C(=O)N[C@@H](C)C(=O)N[C@H](C)C(=O)N(C)[C@@H](CC(C)C)C(=O)N(C)[C@@H](CC(C)C)C(=O)N(C)[C@@](CCC)(C(C)C)C(=O)N1C. The highest BCUT2D eigenvalue weighted by Crippen LogP contribution is 2.35. The van der Waals surface area contributed by atoms with Crippen LogP contribution in [-0.4, -0.2) is 226 Å². The van der Waals surface area contributed by atoms with Gasteiger partial charge < -0.3 is 60.7 Å². The first-order chi connectivity index (χ1) is 40.6. The van der Waals surface area contributed by atoms with Gasteiger partial charge in [0.05, 0.1) is 12.6 Å². The van der Waals surface area contributed by atoms with Crippen LogP contribution in [0.15, 0.2) is 12.2 Å². The molecule has 0 aromatic heterocycles.